The van der Waals surface area contributed by atoms with E-state index in [1.165, 1.54) is 25.3 Å². The highest BCUT2D eigenvalue weighted by molar-refractivity contribution is 7.90. The van der Waals surface area contributed by atoms with E-state index in [2.05, 4.69) is 40.8 Å². The van der Waals surface area contributed by atoms with Gasteiger partial charge in [-0.3, -0.25) is 9.59 Å². The van der Waals surface area contributed by atoms with Gasteiger partial charge in [0, 0.05) is 43.0 Å². The first-order chi connectivity index (χ1) is 18.8. The summed E-state index contributed by atoms with van der Waals surface area (Å²) in [6.45, 7) is 12.0. The second-order valence-electron chi connectivity index (χ2n) is 10.8. The number of pyridine rings is 3. The molecule has 0 spiro atoms. The molecule has 0 bridgehead atoms. The lowest BCUT2D eigenvalue weighted by atomic mass is 9.97. The zero-order chi connectivity index (χ0) is 29.2. The summed E-state index contributed by atoms with van der Waals surface area (Å²) in [5, 5.41) is 2.39. The number of rotatable bonds is 8. The van der Waals surface area contributed by atoms with Crippen molar-refractivity contribution in [3.63, 3.8) is 0 Å². The number of hydrogen-bond acceptors (Lipinski definition) is 9. The summed E-state index contributed by atoms with van der Waals surface area (Å²) in [7, 11) is -4.39. The summed E-state index contributed by atoms with van der Waals surface area (Å²) in [4.78, 5) is 40.0. The molecule has 2 N–H and O–H groups in total. The molecule has 1 saturated heterocycles. The topological polar surface area (TPSA) is 143 Å². The van der Waals surface area contributed by atoms with Gasteiger partial charge in [-0.05, 0) is 70.4 Å². The van der Waals surface area contributed by atoms with Gasteiger partial charge in [-0.15, -0.1) is 0 Å². The maximum Gasteiger partial charge on any atom is 0.268 e. The summed E-state index contributed by atoms with van der Waals surface area (Å²) in [5.74, 6) is -0.312. The molecule has 2 amide bonds. The number of nitrogens with zero attached hydrogens (tertiary/aromatic N) is 4. The third kappa shape index (κ3) is 6.39. The summed E-state index contributed by atoms with van der Waals surface area (Å²) in [5.41, 5.74) is 1.08. The highest BCUT2D eigenvalue weighted by Crippen LogP contribution is 2.38. The molecule has 1 atom stereocenters. The van der Waals surface area contributed by atoms with Gasteiger partial charge in [0.05, 0.1) is 17.4 Å². The molecule has 0 unspecified atom stereocenters. The van der Waals surface area contributed by atoms with Gasteiger partial charge in [-0.1, -0.05) is 6.92 Å². The van der Waals surface area contributed by atoms with Crippen LogP contribution in [0.4, 0.5) is 11.6 Å². The zero-order valence-corrected chi connectivity index (χ0v) is 24.2. The number of sulfonamides is 1. The number of amides is 2. The number of aromatic nitrogens is 3. The Hall–Kier alpha value is -4.06. The SMILES string of the molecule is CC(=O)Nc1ncccc1S(=O)(=O)NC(=O)c1ccc(-c2ccc(OC(C)C)nc2)nc1N1C[C@@H](C)CC1(C)C. The lowest BCUT2D eigenvalue weighted by molar-refractivity contribution is -0.114. The minimum Gasteiger partial charge on any atom is -0.475 e. The van der Waals surface area contributed by atoms with E-state index in [1.807, 2.05) is 24.8 Å². The fourth-order valence-corrected chi connectivity index (χ4v) is 5.97. The minimum absolute atomic E-state index is 0.0162. The molecule has 11 nitrogen and oxygen atoms in total. The van der Waals surface area contributed by atoms with E-state index < -0.39 is 21.8 Å². The Labute approximate surface area is 234 Å². The molecular formula is C28H34N6O5S. The minimum atomic E-state index is -4.39. The van der Waals surface area contributed by atoms with Crippen molar-refractivity contribution in [1.29, 1.82) is 0 Å². The normalized spacial score (nSPS) is 16.6. The van der Waals surface area contributed by atoms with Crippen molar-refractivity contribution < 1.29 is 22.7 Å². The second-order valence-corrected chi connectivity index (χ2v) is 12.5. The average molecular weight is 567 g/mol. The van der Waals surface area contributed by atoms with E-state index in [4.69, 9.17) is 9.72 Å². The maximum absolute atomic E-state index is 13.5. The van der Waals surface area contributed by atoms with Crippen LogP contribution >= 0.6 is 0 Å². The molecule has 4 rings (SSSR count). The van der Waals surface area contributed by atoms with Gasteiger partial charge in [-0.25, -0.2) is 28.1 Å². The predicted molar refractivity (Wildman–Crippen MR) is 152 cm³/mol. The van der Waals surface area contributed by atoms with E-state index in [0.29, 0.717) is 29.9 Å². The highest BCUT2D eigenvalue weighted by atomic mass is 32.2. The van der Waals surface area contributed by atoms with Gasteiger partial charge >= 0.3 is 0 Å². The van der Waals surface area contributed by atoms with E-state index in [9.17, 15) is 18.0 Å². The highest BCUT2D eigenvalue weighted by Gasteiger charge is 2.39. The average Bonchev–Trinajstić information content (AvgIpc) is 3.14. The summed E-state index contributed by atoms with van der Waals surface area (Å²) in [6, 6.07) is 9.49. The quantitative estimate of drug-likeness (QED) is 0.413. The van der Waals surface area contributed by atoms with Crippen molar-refractivity contribution in [2.24, 2.45) is 5.92 Å². The van der Waals surface area contributed by atoms with E-state index in [0.717, 1.165) is 12.0 Å². The molecule has 1 aliphatic heterocycles. The van der Waals surface area contributed by atoms with Crippen LogP contribution in [0, 0.1) is 5.92 Å². The Morgan fingerprint density at radius 3 is 2.48 bits per heavy atom. The number of carbonyl (C=O) groups is 2. The van der Waals surface area contributed by atoms with Gasteiger partial charge in [0.1, 0.15) is 10.7 Å². The summed E-state index contributed by atoms with van der Waals surface area (Å²) in [6.07, 6.45) is 3.85. The smallest absolute Gasteiger partial charge is 0.268 e. The van der Waals surface area contributed by atoms with Crippen LogP contribution in [0.5, 0.6) is 5.88 Å². The van der Waals surface area contributed by atoms with Crippen molar-refractivity contribution in [3.05, 3.63) is 54.4 Å². The molecular weight excluding hydrogens is 532 g/mol. The number of hydrogen-bond donors (Lipinski definition) is 2. The fraction of sp³-hybridized carbons (Fsp3) is 0.393. The van der Waals surface area contributed by atoms with E-state index in [-0.39, 0.29) is 27.9 Å². The van der Waals surface area contributed by atoms with Crippen LogP contribution in [0.1, 0.15) is 58.3 Å². The monoisotopic (exact) mass is 566 g/mol. The van der Waals surface area contributed by atoms with Crippen LogP contribution in [-0.2, 0) is 14.8 Å². The maximum atomic E-state index is 13.5. The van der Waals surface area contributed by atoms with Crippen LogP contribution in [0.3, 0.4) is 0 Å². The molecule has 0 aromatic carbocycles. The van der Waals surface area contributed by atoms with Gasteiger partial charge in [-0.2, -0.15) is 0 Å². The van der Waals surface area contributed by atoms with Crippen LogP contribution in [0.2, 0.25) is 0 Å². The number of anilines is 2. The molecule has 212 valence electrons. The van der Waals surface area contributed by atoms with Crippen molar-refractivity contribution >= 4 is 33.5 Å². The fourth-order valence-electron chi connectivity index (χ4n) is 4.89. The van der Waals surface area contributed by atoms with Crippen LogP contribution < -0.4 is 19.7 Å². The molecule has 0 aliphatic carbocycles. The number of nitrogens with one attached hydrogen (secondary N) is 2. The van der Waals surface area contributed by atoms with Gasteiger partial charge < -0.3 is 15.0 Å². The first-order valence-corrected chi connectivity index (χ1v) is 14.5. The standard InChI is InChI=1S/C28H34N6O5S/c1-17(2)39-24-12-9-20(15-30-24)22-11-10-21(26(32-22)34-16-18(3)14-28(34,5)6)27(36)33-40(37,38)23-8-7-13-29-25(23)31-19(4)35/h7-13,15,17-18H,14,16H2,1-6H3,(H,33,36)(H,29,31,35)/t18-/m0/s1. The Morgan fingerprint density at radius 2 is 1.88 bits per heavy atom. The molecule has 3 aromatic rings. The molecule has 4 heterocycles. The molecule has 3 aromatic heterocycles. The van der Waals surface area contributed by atoms with Crippen molar-refractivity contribution in [1.82, 2.24) is 19.7 Å². The summed E-state index contributed by atoms with van der Waals surface area (Å²) >= 11 is 0. The largest absolute Gasteiger partial charge is 0.475 e. The Balaban J connectivity index is 1.73. The number of carbonyl (C=O) groups excluding carboxylic acids is 2. The molecule has 0 saturated carbocycles. The lowest BCUT2D eigenvalue weighted by Crippen LogP contribution is -2.41. The Bertz CT molecular complexity index is 1520. The van der Waals surface area contributed by atoms with Crippen molar-refractivity contribution in [2.45, 2.75) is 64.5 Å². The third-order valence-corrected chi connectivity index (χ3v) is 7.78. The van der Waals surface area contributed by atoms with Gasteiger partial charge in [0.25, 0.3) is 15.9 Å². The van der Waals surface area contributed by atoms with Crippen LogP contribution in [0.25, 0.3) is 11.3 Å². The third-order valence-electron chi connectivity index (χ3n) is 6.42. The van der Waals surface area contributed by atoms with Gasteiger partial charge in [0.2, 0.25) is 11.8 Å². The molecule has 1 fully saturated rings. The lowest BCUT2D eigenvalue weighted by Gasteiger charge is -2.34. The second kappa shape index (κ2) is 11.2. The van der Waals surface area contributed by atoms with Crippen LogP contribution in [-0.4, -0.2) is 53.4 Å². The molecule has 1 aliphatic rings. The van der Waals surface area contributed by atoms with Crippen molar-refractivity contribution in [2.75, 3.05) is 16.8 Å². The van der Waals surface area contributed by atoms with E-state index in [1.54, 1.807) is 24.4 Å². The first kappa shape index (κ1) is 28.9. The Morgan fingerprint density at radius 1 is 1.12 bits per heavy atom. The molecule has 0 radical (unpaired) electrons. The predicted octanol–water partition coefficient (Wildman–Crippen LogP) is 4.03. The van der Waals surface area contributed by atoms with Gasteiger partial charge in [0.15, 0.2) is 5.82 Å². The first-order valence-electron chi connectivity index (χ1n) is 13.0. The van der Waals surface area contributed by atoms with Crippen molar-refractivity contribution in [3.8, 4) is 17.1 Å². The molecule has 12 heteroatoms. The molecule has 40 heavy (non-hydrogen) atoms. The van der Waals surface area contributed by atoms with E-state index >= 15 is 0 Å². The zero-order valence-electron chi connectivity index (χ0n) is 23.4. The Kier molecular flexibility index (Phi) is 8.10. The summed E-state index contributed by atoms with van der Waals surface area (Å²) < 4.78 is 34.3. The van der Waals surface area contributed by atoms with Crippen LogP contribution in [0.15, 0.2) is 53.7 Å². The number of ether oxygens (including phenoxy) is 1.